The van der Waals surface area contributed by atoms with Crippen LogP contribution in [-0.2, 0) is 22.1 Å². The molecule has 0 saturated heterocycles. The van der Waals surface area contributed by atoms with E-state index in [0.29, 0.717) is 0 Å². The van der Waals surface area contributed by atoms with E-state index >= 15 is 0 Å². The van der Waals surface area contributed by atoms with Crippen molar-refractivity contribution in [1.82, 2.24) is 5.32 Å². The predicted octanol–water partition coefficient (Wildman–Crippen LogP) is 3.82. The molecule has 138 valence electrons. The molecule has 2 rings (SSSR count). The fourth-order valence-electron chi connectivity index (χ4n) is 2.27. The fourth-order valence-corrected chi connectivity index (χ4v) is 2.63. The second-order valence-corrected chi connectivity index (χ2v) is 6.70. The molecule has 0 bridgehead atoms. The first-order chi connectivity index (χ1) is 12.2. The molecule has 1 amide bonds. The van der Waals surface area contributed by atoms with Crippen LogP contribution in [0.1, 0.15) is 21.5 Å². The van der Waals surface area contributed by atoms with Crippen molar-refractivity contribution in [3.63, 3.8) is 0 Å². The van der Waals surface area contributed by atoms with E-state index in [4.69, 9.17) is 0 Å². The van der Waals surface area contributed by atoms with E-state index in [2.05, 4.69) is 32.6 Å². The van der Waals surface area contributed by atoms with Crippen LogP contribution in [0.2, 0.25) is 0 Å². The lowest BCUT2D eigenvalue weighted by Gasteiger charge is -2.17. The van der Waals surface area contributed by atoms with Gasteiger partial charge in [-0.25, -0.2) is 4.79 Å². The third-order valence-corrected chi connectivity index (χ3v) is 4.32. The number of methoxy groups -OCH3 is 1. The summed E-state index contributed by atoms with van der Waals surface area (Å²) in [5, 5.41) is 2.44. The average molecular weight is 477 g/mol. The number of nitrogens with one attached hydrogen (secondary N) is 1. The number of carbonyl (C=O) groups is 2. The number of halogens is 4. The van der Waals surface area contributed by atoms with Gasteiger partial charge < -0.3 is 10.1 Å². The van der Waals surface area contributed by atoms with Gasteiger partial charge >= 0.3 is 12.1 Å². The van der Waals surface area contributed by atoms with Gasteiger partial charge in [-0.1, -0.05) is 18.2 Å². The number of ether oxygens (including phenoxy) is 1. The number of rotatable bonds is 5. The first kappa shape index (κ1) is 20.2. The summed E-state index contributed by atoms with van der Waals surface area (Å²) in [5.41, 5.74) is -0.334. The molecule has 0 aliphatic carbocycles. The van der Waals surface area contributed by atoms with E-state index < -0.39 is 29.7 Å². The van der Waals surface area contributed by atoms with Gasteiger partial charge in [0.2, 0.25) is 0 Å². The molecule has 26 heavy (non-hydrogen) atoms. The Kier molecular flexibility index (Phi) is 6.63. The summed E-state index contributed by atoms with van der Waals surface area (Å²) >= 11 is 2.13. The van der Waals surface area contributed by atoms with Crippen LogP contribution in [0, 0.1) is 3.57 Å². The highest BCUT2D eigenvalue weighted by atomic mass is 127. The Morgan fingerprint density at radius 3 is 2.38 bits per heavy atom. The lowest BCUT2D eigenvalue weighted by atomic mass is 10.0. The van der Waals surface area contributed by atoms with Crippen molar-refractivity contribution in [2.24, 2.45) is 0 Å². The van der Waals surface area contributed by atoms with E-state index in [0.717, 1.165) is 27.3 Å². The van der Waals surface area contributed by atoms with Crippen molar-refractivity contribution in [2.45, 2.75) is 18.6 Å². The Hall–Kier alpha value is -2.10. The molecule has 0 aliphatic rings. The number of carbonyl (C=O) groups excluding carboxylic acids is 2. The van der Waals surface area contributed by atoms with Crippen molar-refractivity contribution in [1.29, 1.82) is 0 Å². The zero-order valence-corrected chi connectivity index (χ0v) is 15.8. The van der Waals surface area contributed by atoms with Crippen molar-refractivity contribution < 1.29 is 27.5 Å². The molecular weight excluding hydrogens is 462 g/mol. The van der Waals surface area contributed by atoms with Gasteiger partial charge in [-0.3, -0.25) is 4.79 Å². The minimum Gasteiger partial charge on any atom is -0.467 e. The van der Waals surface area contributed by atoms with Crippen molar-refractivity contribution in [3.8, 4) is 0 Å². The molecule has 1 atom stereocenters. The van der Waals surface area contributed by atoms with Gasteiger partial charge in [-0.15, -0.1) is 0 Å². The molecule has 4 nitrogen and oxygen atoms in total. The number of benzene rings is 2. The maximum atomic E-state index is 12.8. The Labute approximate surface area is 161 Å². The highest BCUT2D eigenvalue weighted by Crippen LogP contribution is 2.29. The average Bonchev–Trinajstić information content (AvgIpc) is 2.61. The molecule has 8 heteroatoms. The zero-order chi connectivity index (χ0) is 19.3. The summed E-state index contributed by atoms with van der Waals surface area (Å²) in [6.07, 6.45) is -4.40. The second-order valence-electron chi connectivity index (χ2n) is 5.46. The van der Waals surface area contributed by atoms with Crippen LogP contribution in [0.3, 0.4) is 0 Å². The third-order valence-electron chi connectivity index (χ3n) is 3.60. The van der Waals surface area contributed by atoms with Crippen LogP contribution in [0.15, 0.2) is 48.5 Å². The predicted molar refractivity (Wildman–Crippen MR) is 97.6 cm³/mol. The van der Waals surface area contributed by atoms with Crippen LogP contribution < -0.4 is 5.32 Å². The summed E-state index contributed by atoms with van der Waals surface area (Å²) in [5.74, 6) is -1.46. The molecule has 2 aromatic rings. The standard InChI is InChI=1S/C18H15F3INO3/c1-26-17(25)15(9-11-5-7-14(22)8-6-11)23-16(24)12-3-2-4-13(10-12)18(19,20)21/h2-8,10,15H,9H2,1H3,(H,23,24)/t15-/m0/s1. The highest BCUT2D eigenvalue weighted by Gasteiger charge is 2.31. The lowest BCUT2D eigenvalue weighted by Crippen LogP contribution is -2.43. The summed E-state index contributed by atoms with van der Waals surface area (Å²) in [7, 11) is 1.18. The van der Waals surface area contributed by atoms with E-state index in [1.807, 2.05) is 12.1 Å². The summed E-state index contributed by atoms with van der Waals surface area (Å²) < 4.78 is 44.1. The number of hydrogen-bond acceptors (Lipinski definition) is 3. The SMILES string of the molecule is COC(=O)[C@H](Cc1ccc(I)cc1)NC(=O)c1cccc(C(F)(F)F)c1. The van der Waals surface area contributed by atoms with Gasteiger partial charge in [0, 0.05) is 15.6 Å². The topological polar surface area (TPSA) is 55.4 Å². The number of amides is 1. The molecular formula is C18H15F3INO3. The maximum absolute atomic E-state index is 12.8. The van der Waals surface area contributed by atoms with E-state index in [1.165, 1.54) is 13.2 Å². The first-order valence-electron chi connectivity index (χ1n) is 7.51. The highest BCUT2D eigenvalue weighted by molar-refractivity contribution is 14.1. The molecule has 0 aromatic heterocycles. The van der Waals surface area contributed by atoms with Crippen LogP contribution >= 0.6 is 22.6 Å². The largest absolute Gasteiger partial charge is 0.467 e. The van der Waals surface area contributed by atoms with Crippen molar-refractivity contribution in [2.75, 3.05) is 7.11 Å². The van der Waals surface area contributed by atoms with Crippen molar-refractivity contribution in [3.05, 3.63) is 68.8 Å². The Balaban J connectivity index is 2.18. The lowest BCUT2D eigenvalue weighted by molar-refractivity contribution is -0.143. The van der Waals surface area contributed by atoms with E-state index in [-0.39, 0.29) is 12.0 Å². The fraction of sp³-hybridized carbons (Fsp3) is 0.222. The molecule has 0 radical (unpaired) electrons. The summed E-state index contributed by atoms with van der Waals surface area (Å²) in [6, 6.07) is 10.3. The van der Waals surface area contributed by atoms with Crippen LogP contribution in [0.25, 0.3) is 0 Å². The van der Waals surface area contributed by atoms with Crippen molar-refractivity contribution >= 4 is 34.5 Å². The summed E-state index contributed by atoms with van der Waals surface area (Å²) in [6.45, 7) is 0. The van der Waals surface area contributed by atoms with Gasteiger partial charge in [0.25, 0.3) is 5.91 Å². The zero-order valence-electron chi connectivity index (χ0n) is 13.6. The smallest absolute Gasteiger partial charge is 0.416 e. The Morgan fingerprint density at radius 2 is 1.81 bits per heavy atom. The number of alkyl halides is 3. The molecule has 0 heterocycles. The van der Waals surface area contributed by atoms with Crippen LogP contribution in [0.4, 0.5) is 13.2 Å². The van der Waals surface area contributed by atoms with Gasteiger partial charge in [-0.2, -0.15) is 13.2 Å². The molecule has 0 spiro atoms. The Bertz CT molecular complexity index is 791. The normalized spacial score (nSPS) is 12.3. The second kappa shape index (κ2) is 8.52. The van der Waals surface area contributed by atoms with Crippen LogP contribution in [-0.4, -0.2) is 25.0 Å². The van der Waals surface area contributed by atoms with Crippen LogP contribution in [0.5, 0.6) is 0 Å². The van der Waals surface area contributed by atoms with E-state index in [9.17, 15) is 22.8 Å². The number of hydrogen-bond donors (Lipinski definition) is 1. The summed E-state index contributed by atoms with van der Waals surface area (Å²) in [4.78, 5) is 24.3. The van der Waals surface area contributed by atoms with Gasteiger partial charge in [0.05, 0.1) is 12.7 Å². The van der Waals surface area contributed by atoms with Gasteiger partial charge in [-0.05, 0) is 58.5 Å². The molecule has 0 saturated carbocycles. The number of esters is 1. The monoisotopic (exact) mass is 477 g/mol. The minimum atomic E-state index is -4.56. The maximum Gasteiger partial charge on any atom is 0.416 e. The van der Waals surface area contributed by atoms with Gasteiger partial charge in [0.15, 0.2) is 0 Å². The molecule has 0 unspecified atom stereocenters. The first-order valence-corrected chi connectivity index (χ1v) is 8.59. The third kappa shape index (κ3) is 5.45. The van der Waals surface area contributed by atoms with Gasteiger partial charge in [0.1, 0.15) is 6.04 Å². The molecule has 0 aliphatic heterocycles. The van der Waals surface area contributed by atoms with E-state index in [1.54, 1.807) is 12.1 Å². The molecule has 1 N–H and O–H groups in total. The molecule has 2 aromatic carbocycles. The quantitative estimate of drug-likeness (QED) is 0.527. The molecule has 0 fully saturated rings. The Morgan fingerprint density at radius 1 is 1.15 bits per heavy atom. The minimum absolute atomic E-state index is 0.161.